The highest BCUT2D eigenvalue weighted by Gasteiger charge is 2.42. The molecule has 35 heavy (non-hydrogen) atoms. The van der Waals surface area contributed by atoms with E-state index in [1.807, 2.05) is 20.8 Å². The fraction of sp³-hybridized carbons (Fsp3) is 0.667. The van der Waals surface area contributed by atoms with Gasteiger partial charge in [0.1, 0.15) is 12.2 Å². The van der Waals surface area contributed by atoms with Crippen LogP contribution in [0.5, 0.6) is 0 Å². The van der Waals surface area contributed by atoms with Gasteiger partial charge in [-0.05, 0) is 32.3 Å². The van der Waals surface area contributed by atoms with Crippen molar-refractivity contribution in [3.05, 3.63) is 30.2 Å². The second kappa shape index (κ2) is 9.96. The zero-order valence-electron chi connectivity index (χ0n) is 20.8. The maximum Gasteiger partial charge on any atom is 0.240 e. The van der Waals surface area contributed by atoms with Crippen LogP contribution in [0.25, 0.3) is 0 Å². The number of carbonyl (C=O) groups excluding carboxylic acids is 2. The number of hydrogen-bond acceptors (Lipinski definition) is 9. The molecule has 0 spiro atoms. The van der Waals surface area contributed by atoms with Crippen molar-refractivity contribution in [2.75, 3.05) is 31.1 Å². The van der Waals surface area contributed by atoms with Crippen LogP contribution in [0.4, 0.5) is 10.3 Å². The minimum Gasteiger partial charge on any atom is -0.341 e. The van der Waals surface area contributed by atoms with Crippen molar-refractivity contribution in [3.63, 3.8) is 0 Å². The topological polar surface area (TPSA) is 117 Å². The van der Waals surface area contributed by atoms with E-state index in [0.29, 0.717) is 11.8 Å². The SMILES string of the molecule is CCC(C)(C)c1nc(C(=O)C2C[C@H](F)CN2C(=O)CNC2(C)CCN(c3ncccn3)CC2)no1. The van der Waals surface area contributed by atoms with Crippen LogP contribution in [-0.2, 0) is 10.2 Å². The van der Waals surface area contributed by atoms with Crippen molar-refractivity contribution in [1.29, 1.82) is 0 Å². The number of halogens is 1. The van der Waals surface area contributed by atoms with E-state index in [1.54, 1.807) is 18.5 Å². The molecule has 2 atom stereocenters. The summed E-state index contributed by atoms with van der Waals surface area (Å²) in [7, 11) is 0. The molecule has 4 rings (SSSR count). The van der Waals surface area contributed by atoms with Gasteiger partial charge in [-0.15, -0.1) is 0 Å². The Bertz CT molecular complexity index is 1040. The average Bonchev–Trinajstić information content (AvgIpc) is 3.51. The molecule has 1 amide bonds. The molecular weight excluding hydrogens is 453 g/mol. The van der Waals surface area contributed by atoms with Gasteiger partial charge in [0.05, 0.1) is 13.1 Å². The van der Waals surface area contributed by atoms with Crippen molar-refractivity contribution >= 4 is 17.6 Å². The van der Waals surface area contributed by atoms with Crippen LogP contribution in [0.15, 0.2) is 23.0 Å². The lowest BCUT2D eigenvalue weighted by Gasteiger charge is -2.40. The Morgan fingerprint density at radius 3 is 2.60 bits per heavy atom. The van der Waals surface area contributed by atoms with E-state index >= 15 is 0 Å². The van der Waals surface area contributed by atoms with Gasteiger partial charge in [-0.25, -0.2) is 14.4 Å². The number of carbonyl (C=O) groups is 2. The molecular formula is C24H34FN7O3. The first kappa shape index (κ1) is 25.2. The Hall–Kier alpha value is -2.95. The molecule has 2 aliphatic rings. The first-order valence-electron chi connectivity index (χ1n) is 12.2. The number of aromatic nitrogens is 4. The van der Waals surface area contributed by atoms with Gasteiger partial charge < -0.3 is 19.6 Å². The van der Waals surface area contributed by atoms with Gasteiger partial charge in [0.25, 0.3) is 0 Å². The number of anilines is 1. The molecule has 0 radical (unpaired) electrons. The number of alkyl halides is 1. The maximum atomic E-state index is 14.3. The Labute approximate surface area is 204 Å². The number of nitrogens with one attached hydrogen (secondary N) is 1. The molecule has 190 valence electrons. The highest BCUT2D eigenvalue weighted by molar-refractivity contribution is 5.99. The molecule has 2 aliphatic heterocycles. The summed E-state index contributed by atoms with van der Waals surface area (Å²) in [6.45, 7) is 9.38. The molecule has 2 saturated heterocycles. The summed E-state index contributed by atoms with van der Waals surface area (Å²) in [6.07, 6.45) is 4.46. The van der Waals surface area contributed by atoms with Gasteiger partial charge in [0.15, 0.2) is 0 Å². The summed E-state index contributed by atoms with van der Waals surface area (Å²) in [4.78, 5) is 42.5. The van der Waals surface area contributed by atoms with Crippen LogP contribution < -0.4 is 10.2 Å². The third-order valence-electron chi connectivity index (χ3n) is 7.35. The molecule has 0 aromatic carbocycles. The van der Waals surface area contributed by atoms with Gasteiger partial charge in [0.2, 0.25) is 29.4 Å². The monoisotopic (exact) mass is 487 g/mol. The van der Waals surface area contributed by atoms with Crippen LogP contribution in [0, 0.1) is 0 Å². The fourth-order valence-electron chi connectivity index (χ4n) is 4.43. The zero-order valence-corrected chi connectivity index (χ0v) is 20.8. The van der Waals surface area contributed by atoms with Crippen LogP contribution in [0.3, 0.4) is 0 Å². The molecule has 2 aromatic rings. The van der Waals surface area contributed by atoms with Crippen molar-refractivity contribution in [2.24, 2.45) is 0 Å². The number of hydrogen-bond donors (Lipinski definition) is 1. The van der Waals surface area contributed by atoms with Crippen LogP contribution >= 0.6 is 0 Å². The van der Waals surface area contributed by atoms with Crippen LogP contribution in [0.1, 0.15) is 69.9 Å². The molecule has 0 aliphatic carbocycles. The quantitative estimate of drug-likeness (QED) is 0.560. The summed E-state index contributed by atoms with van der Waals surface area (Å²) < 4.78 is 19.6. The Morgan fingerprint density at radius 2 is 1.94 bits per heavy atom. The summed E-state index contributed by atoms with van der Waals surface area (Å²) in [5.41, 5.74) is -0.634. The Balaban J connectivity index is 1.36. The van der Waals surface area contributed by atoms with Crippen LogP contribution in [0.2, 0.25) is 0 Å². The Morgan fingerprint density at radius 1 is 1.26 bits per heavy atom. The number of amides is 1. The minimum atomic E-state index is -1.27. The molecule has 0 saturated carbocycles. The number of Topliss-reactive ketones (excluding diaryl/α,β-unsaturated/α-hetero) is 1. The fourth-order valence-corrected chi connectivity index (χ4v) is 4.43. The summed E-state index contributed by atoms with van der Waals surface area (Å²) in [5.74, 6) is 0.163. The molecule has 2 aromatic heterocycles. The Kier molecular flexibility index (Phi) is 7.16. The van der Waals surface area contributed by atoms with E-state index in [4.69, 9.17) is 4.52 Å². The standard InChI is InChI=1S/C24H34FN7O3/c1-5-23(2,3)21-29-20(30-35-21)19(34)17-13-16(25)15-32(17)18(33)14-28-24(4)7-11-31(12-8-24)22-26-9-6-10-27-22/h6,9-10,16-17,28H,5,7-8,11-15H2,1-4H3/t16-,17?/m0/s1. The minimum absolute atomic E-state index is 0.0230. The summed E-state index contributed by atoms with van der Waals surface area (Å²) >= 11 is 0. The second-order valence-electron chi connectivity index (χ2n) is 10.4. The number of ketones is 1. The smallest absolute Gasteiger partial charge is 0.240 e. The lowest BCUT2D eigenvalue weighted by atomic mass is 9.89. The van der Waals surface area contributed by atoms with E-state index in [2.05, 4.69) is 37.2 Å². The third-order valence-corrected chi connectivity index (χ3v) is 7.35. The van der Waals surface area contributed by atoms with Gasteiger partial charge >= 0.3 is 0 Å². The van der Waals surface area contributed by atoms with Gasteiger partial charge in [-0.2, -0.15) is 4.98 Å². The molecule has 2 fully saturated rings. The largest absolute Gasteiger partial charge is 0.341 e. The normalized spacial score (nSPS) is 22.4. The van der Waals surface area contributed by atoms with E-state index < -0.39 is 18.0 Å². The molecule has 11 heteroatoms. The molecule has 10 nitrogen and oxygen atoms in total. The van der Waals surface area contributed by atoms with Gasteiger partial charge in [0, 0.05) is 42.9 Å². The third kappa shape index (κ3) is 5.50. The molecule has 4 heterocycles. The lowest BCUT2D eigenvalue weighted by Crippen LogP contribution is -2.55. The zero-order chi connectivity index (χ0) is 25.2. The van der Waals surface area contributed by atoms with Gasteiger partial charge in [-0.1, -0.05) is 25.9 Å². The van der Waals surface area contributed by atoms with Crippen molar-refractivity contribution in [1.82, 2.24) is 30.3 Å². The number of nitrogens with zero attached hydrogens (tertiary/aromatic N) is 6. The second-order valence-corrected chi connectivity index (χ2v) is 10.4. The van der Waals surface area contributed by atoms with Crippen molar-refractivity contribution in [2.45, 2.75) is 76.5 Å². The van der Waals surface area contributed by atoms with Gasteiger partial charge in [-0.3, -0.25) is 9.59 Å². The van der Waals surface area contributed by atoms with Crippen molar-refractivity contribution in [3.8, 4) is 0 Å². The number of likely N-dealkylation sites (tertiary alicyclic amines) is 1. The summed E-state index contributed by atoms with van der Waals surface area (Å²) in [5, 5.41) is 7.18. The summed E-state index contributed by atoms with van der Waals surface area (Å²) in [6, 6.07) is 0.853. The van der Waals surface area contributed by atoms with E-state index in [1.165, 1.54) is 4.90 Å². The maximum absolute atomic E-state index is 14.3. The van der Waals surface area contributed by atoms with Crippen molar-refractivity contribution < 1.29 is 18.5 Å². The first-order valence-corrected chi connectivity index (χ1v) is 12.2. The van der Waals surface area contributed by atoms with E-state index in [9.17, 15) is 14.0 Å². The highest BCUT2D eigenvalue weighted by atomic mass is 19.1. The molecule has 1 unspecified atom stereocenters. The van der Waals surface area contributed by atoms with Crippen LogP contribution in [-0.4, -0.2) is 80.6 Å². The number of rotatable bonds is 8. The van der Waals surface area contributed by atoms with E-state index in [0.717, 1.165) is 32.4 Å². The molecule has 1 N–H and O–H groups in total. The number of piperidine rings is 1. The highest BCUT2D eigenvalue weighted by Crippen LogP contribution is 2.28. The molecule has 0 bridgehead atoms. The first-order chi connectivity index (χ1) is 16.6. The average molecular weight is 488 g/mol. The van der Waals surface area contributed by atoms with E-state index in [-0.39, 0.29) is 42.2 Å². The predicted octanol–water partition coefficient (Wildman–Crippen LogP) is 2.32. The lowest BCUT2D eigenvalue weighted by molar-refractivity contribution is -0.131. The predicted molar refractivity (Wildman–Crippen MR) is 127 cm³/mol.